The molecule has 29 heavy (non-hydrogen) atoms. The highest BCUT2D eigenvalue weighted by Crippen LogP contribution is 2.25. The second-order valence-electron chi connectivity index (χ2n) is 6.99. The van der Waals surface area contributed by atoms with Crippen LogP contribution in [0.4, 0.5) is 0 Å². The minimum Gasteiger partial charge on any atom is -0.441 e. The van der Waals surface area contributed by atoms with Gasteiger partial charge in [-0.15, -0.1) is 0 Å². The first-order chi connectivity index (χ1) is 14.1. The lowest BCUT2D eigenvalue weighted by Crippen LogP contribution is -2.35. The van der Waals surface area contributed by atoms with Crippen LogP contribution in [-0.2, 0) is 0 Å². The van der Waals surface area contributed by atoms with Gasteiger partial charge in [-0.25, -0.2) is 9.97 Å². The van der Waals surface area contributed by atoms with Gasteiger partial charge in [0.1, 0.15) is 16.9 Å². The Bertz CT molecular complexity index is 1160. The molecule has 0 fully saturated rings. The highest BCUT2D eigenvalue weighted by Gasteiger charge is 2.13. The molecule has 0 aliphatic heterocycles. The van der Waals surface area contributed by atoms with Crippen LogP contribution in [0.25, 0.3) is 27.9 Å². The number of hydrogen-bond acceptors (Lipinski definition) is 5. The number of nitrogens with one attached hydrogen (secondary N) is 1. The molecule has 0 spiro atoms. The third-order valence-corrected chi connectivity index (χ3v) is 5.17. The summed E-state index contributed by atoms with van der Waals surface area (Å²) in [5, 5.41) is 3.00. The number of carbonyl (C=O) groups excluding carboxylic acids is 1. The topological polar surface area (TPSA) is 75.7 Å². The summed E-state index contributed by atoms with van der Waals surface area (Å²) in [6.07, 6.45) is 3.56. The van der Waals surface area contributed by atoms with E-state index in [0.29, 0.717) is 18.1 Å². The summed E-state index contributed by atoms with van der Waals surface area (Å²) in [5.74, 6) is 0.523. The third kappa shape index (κ3) is 3.86. The van der Waals surface area contributed by atoms with Gasteiger partial charge in [-0.05, 0) is 48.5 Å². The standard InChI is InChI=1S/C22H25N5O2/c1-4-26(5-2)11-10-23-22(28)19-13-24-21-9-7-17(14-27(19)21)16-6-8-20-18(12-16)25-15(3)29-20/h6-9,12-14H,4-5,10-11H2,1-3H3,(H,23,28). The number of fused-ring (bicyclic) bond motifs is 2. The summed E-state index contributed by atoms with van der Waals surface area (Å²) in [6.45, 7) is 9.46. The van der Waals surface area contributed by atoms with Gasteiger partial charge in [0.25, 0.3) is 5.91 Å². The fourth-order valence-electron chi connectivity index (χ4n) is 3.50. The van der Waals surface area contributed by atoms with Crippen molar-refractivity contribution >= 4 is 22.7 Å². The van der Waals surface area contributed by atoms with Crippen molar-refractivity contribution in [3.05, 3.63) is 54.3 Å². The number of carbonyl (C=O) groups is 1. The highest BCUT2D eigenvalue weighted by atomic mass is 16.3. The van der Waals surface area contributed by atoms with Crippen LogP contribution in [-0.4, -0.2) is 51.4 Å². The van der Waals surface area contributed by atoms with Gasteiger partial charge >= 0.3 is 0 Å². The predicted octanol–water partition coefficient (Wildman–Crippen LogP) is 3.52. The molecule has 150 valence electrons. The molecule has 0 saturated carbocycles. The number of oxazole rings is 1. The fourth-order valence-corrected chi connectivity index (χ4v) is 3.50. The number of imidazole rings is 1. The molecule has 0 bridgehead atoms. The molecule has 0 unspecified atom stereocenters. The molecule has 3 heterocycles. The first-order valence-electron chi connectivity index (χ1n) is 9.94. The average molecular weight is 391 g/mol. The quantitative estimate of drug-likeness (QED) is 0.522. The molecule has 1 aromatic carbocycles. The lowest BCUT2D eigenvalue weighted by molar-refractivity contribution is 0.0943. The van der Waals surface area contributed by atoms with Crippen molar-refractivity contribution in [2.75, 3.05) is 26.2 Å². The predicted molar refractivity (Wildman–Crippen MR) is 113 cm³/mol. The molecular weight excluding hydrogens is 366 g/mol. The van der Waals surface area contributed by atoms with Crippen LogP contribution in [0.2, 0.25) is 0 Å². The number of benzene rings is 1. The van der Waals surface area contributed by atoms with Crippen LogP contribution in [0.5, 0.6) is 0 Å². The largest absolute Gasteiger partial charge is 0.441 e. The fraction of sp³-hybridized carbons (Fsp3) is 0.318. The van der Waals surface area contributed by atoms with Crippen LogP contribution >= 0.6 is 0 Å². The summed E-state index contributed by atoms with van der Waals surface area (Å²) in [4.78, 5) is 23.7. The van der Waals surface area contributed by atoms with Crippen LogP contribution in [0.15, 0.2) is 47.1 Å². The molecule has 0 aliphatic rings. The van der Waals surface area contributed by atoms with Crippen molar-refractivity contribution in [2.24, 2.45) is 0 Å². The molecule has 4 rings (SSSR count). The first kappa shape index (κ1) is 19.1. The molecule has 0 aliphatic carbocycles. The minimum absolute atomic E-state index is 0.121. The monoisotopic (exact) mass is 391 g/mol. The molecular formula is C22H25N5O2. The Morgan fingerprint density at radius 2 is 1.97 bits per heavy atom. The zero-order valence-electron chi connectivity index (χ0n) is 17.0. The summed E-state index contributed by atoms with van der Waals surface area (Å²) >= 11 is 0. The second-order valence-corrected chi connectivity index (χ2v) is 6.99. The number of aryl methyl sites for hydroxylation is 1. The molecule has 0 saturated heterocycles. The van der Waals surface area contributed by atoms with Crippen molar-refractivity contribution < 1.29 is 9.21 Å². The van der Waals surface area contributed by atoms with Crippen molar-refractivity contribution in [3.63, 3.8) is 0 Å². The summed E-state index contributed by atoms with van der Waals surface area (Å²) in [7, 11) is 0. The van der Waals surface area contributed by atoms with E-state index in [4.69, 9.17) is 4.42 Å². The Morgan fingerprint density at radius 3 is 2.76 bits per heavy atom. The van der Waals surface area contributed by atoms with Gasteiger partial charge in [0.05, 0.1) is 6.20 Å². The van der Waals surface area contributed by atoms with Gasteiger partial charge in [-0.3, -0.25) is 9.20 Å². The van der Waals surface area contributed by atoms with Gasteiger partial charge in [0.15, 0.2) is 11.5 Å². The van der Waals surface area contributed by atoms with E-state index >= 15 is 0 Å². The number of aromatic nitrogens is 3. The molecule has 7 heteroatoms. The molecule has 7 nitrogen and oxygen atoms in total. The van der Waals surface area contributed by atoms with E-state index in [-0.39, 0.29) is 5.91 Å². The van der Waals surface area contributed by atoms with Crippen molar-refractivity contribution in [3.8, 4) is 11.1 Å². The number of nitrogens with zero attached hydrogens (tertiary/aromatic N) is 4. The zero-order valence-corrected chi connectivity index (χ0v) is 17.0. The Balaban J connectivity index is 1.59. The SMILES string of the molecule is CCN(CC)CCNC(=O)c1cnc2ccc(-c3ccc4oc(C)nc4c3)cn12. The molecule has 1 amide bonds. The molecule has 3 aromatic heterocycles. The van der Waals surface area contributed by atoms with Crippen LogP contribution in [0.1, 0.15) is 30.2 Å². The van der Waals surface area contributed by atoms with E-state index in [1.807, 2.05) is 47.9 Å². The summed E-state index contributed by atoms with van der Waals surface area (Å²) in [6, 6.07) is 9.82. The van der Waals surface area contributed by atoms with E-state index in [2.05, 4.69) is 34.0 Å². The summed E-state index contributed by atoms with van der Waals surface area (Å²) < 4.78 is 7.39. The maximum atomic E-state index is 12.7. The third-order valence-electron chi connectivity index (χ3n) is 5.17. The van der Waals surface area contributed by atoms with Gasteiger partial charge in [-0.1, -0.05) is 19.9 Å². The zero-order chi connectivity index (χ0) is 20.4. The smallest absolute Gasteiger partial charge is 0.269 e. The van der Waals surface area contributed by atoms with E-state index in [9.17, 15) is 4.79 Å². The Hall–Kier alpha value is -3.19. The Kier molecular flexibility index (Phi) is 5.31. The molecule has 1 N–H and O–H groups in total. The minimum atomic E-state index is -0.121. The first-order valence-corrected chi connectivity index (χ1v) is 9.94. The van der Waals surface area contributed by atoms with Crippen molar-refractivity contribution in [2.45, 2.75) is 20.8 Å². The van der Waals surface area contributed by atoms with E-state index < -0.39 is 0 Å². The van der Waals surface area contributed by atoms with Crippen molar-refractivity contribution in [1.82, 2.24) is 24.6 Å². The number of pyridine rings is 1. The second kappa shape index (κ2) is 8.05. The maximum Gasteiger partial charge on any atom is 0.269 e. The van der Waals surface area contributed by atoms with Crippen molar-refractivity contribution in [1.29, 1.82) is 0 Å². The number of rotatable bonds is 7. The van der Waals surface area contributed by atoms with Gasteiger partial charge < -0.3 is 14.6 Å². The maximum absolute atomic E-state index is 12.7. The van der Waals surface area contributed by atoms with Crippen LogP contribution in [0, 0.1) is 6.92 Å². The Morgan fingerprint density at radius 1 is 1.17 bits per heavy atom. The van der Waals surface area contributed by atoms with Gasteiger partial charge in [0.2, 0.25) is 0 Å². The lowest BCUT2D eigenvalue weighted by Gasteiger charge is -2.17. The van der Waals surface area contributed by atoms with Crippen LogP contribution in [0.3, 0.4) is 0 Å². The lowest BCUT2D eigenvalue weighted by atomic mass is 10.1. The van der Waals surface area contributed by atoms with Gasteiger partial charge in [-0.2, -0.15) is 0 Å². The molecule has 4 aromatic rings. The van der Waals surface area contributed by atoms with E-state index in [0.717, 1.165) is 47.5 Å². The van der Waals surface area contributed by atoms with Gasteiger partial charge in [0, 0.05) is 26.2 Å². The number of hydrogen-bond donors (Lipinski definition) is 1. The number of amides is 1. The van der Waals surface area contributed by atoms with E-state index in [1.54, 1.807) is 6.20 Å². The summed E-state index contributed by atoms with van der Waals surface area (Å²) in [5.41, 5.74) is 4.84. The molecule has 0 radical (unpaired) electrons. The average Bonchev–Trinajstić information content (AvgIpc) is 3.32. The normalized spacial score (nSPS) is 11.6. The number of likely N-dealkylation sites (N-methyl/N-ethyl adjacent to an activating group) is 1. The molecule has 0 atom stereocenters. The highest BCUT2D eigenvalue weighted by molar-refractivity contribution is 5.93. The Labute approximate surface area is 169 Å². The van der Waals surface area contributed by atoms with Crippen LogP contribution < -0.4 is 5.32 Å². The van der Waals surface area contributed by atoms with E-state index in [1.165, 1.54) is 0 Å².